The number of methoxy groups -OCH3 is 1. The van der Waals surface area contributed by atoms with Crippen molar-refractivity contribution < 1.29 is 19.0 Å². The van der Waals surface area contributed by atoms with Crippen molar-refractivity contribution in [1.29, 1.82) is 0 Å². The number of fused-ring (bicyclic) bond motifs is 1. The van der Waals surface area contributed by atoms with Gasteiger partial charge in [0, 0.05) is 23.6 Å². The van der Waals surface area contributed by atoms with Crippen molar-refractivity contribution in [2.24, 2.45) is 0 Å². The Balaban J connectivity index is 1.49. The van der Waals surface area contributed by atoms with E-state index in [2.05, 4.69) is 5.32 Å². The molecule has 3 aromatic rings. The summed E-state index contributed by atoms with van der Waals surface area (Å²) in [4.78, 5) is 13.1. The maximum atomic E-state index is 13.1. The van der Waals surface area contributed by atoms with Crippen LogP contribution in [0.1, 0.15) is 47.8 Å². The normalized spacial score (nSPS) is 16.5. The van der Waals surface area contributed by atoms with Gasteiger partial charge in [0.15, 0.2) is 0 Å². The number of hydrogen-bond acceptors (Lipinski definition) is 4. The molecule has 0 saturated heterocycles. The number of nitrogens with one attached hydrogen (secondary N) is 1. The standard InChI is InChI=1S/C26H27NO4/c1-26(2)16-23(22-13-12-20(29-3)15-24(22)31-26)27-25(28)19-10-7-11-21(14-19)30-17-18-8-5-4-6-9-18/h4-15,23H,16-17H2,1-3H3,(H,27,28)/t23-/m0/s1. The van der Waals surface area contributed by atoms with Gasteiger partial charge in [0.05, 0.1) is 13.2 Å². The molecule has 0 aromatic heterocycles. The molecule has 1 amide bonds. The third-order valence-electron chi connectivity index (χ3n) is 5.33. The number of ether oxygens (including phenoxy) is 3. The number of hydrogen-bond donors (Lipinski definition) is 1. The maximum absolute atomic E-state index is 13.1. The van der Waals surface area contributed by atoms with Crippen molar-refractivity contribution in [3.05, 3.63) is 89.5 Å². The largest absolute Gasteiger partial charge is 0.497 e. The van der Waals surface area contributed by atoms with Crippen molar-refractivity contribution in [2.75, 3.05) is 7.11 Å². The lowest BCUT2D eigenvalue weighted by atomic mass is 9.89. The van der Waals surface area contributed by atoms with Crippen LogP contribution in [0, 0.1) is 0 Å². The van der Waals surface area contributed by atoms with E-state index in [4.69, 9.17) is 14.2 Å². The van der Waals surface area contributed by atoms with Crippen LogP contribution in [0.5, 0.6) is 17.2 Å². The van der Waals surface area contributed by atoms with Crippen LogP contribution in [-0.2, 0) is 6.61 Å². The molecule has 3 aromatic carbocycles. The van der Waals surface area contributed by atoms with Crippen LogP contribution < -0.4 is 19.5 Å². The summed E-state index contributed by atoms with van der Waals surface area (Å²) >= 11 is 0. The summed E-state index contributed by atoms with van der Waals surface area (Å²) < 4.78 is 17.3. The fourth-order valence-corrected chi connectivity index (χ4v) is 3.80. The molecular formula is C26H27NO4. The number of carbonyl (C=O) groups is 1. The van der Waals surface area contributed by atoms with Gasteiger partial charge < -0.3 is 19.5 Å². The van der Waals surface area contributed by atoms with Crippen LogP contribution >= 0.6 is 0 Å². The molecule has 0 saturated carbocycles. The first-order valence-electron chi connectivity index (χ1n) is 10.4. The minimum Gasteiger partial charge on any atom is -0.497 e. The highest BCUT2D eigenvalue weighted by atomic mass is 16.5. The molecule has 31 heavy (non-hydrogen) atoms. The van der Waals surface area contributed by atoms with Crippen molar-refractivity contribution >= 4 is 5.91 Å². The van der Waals surface area contributed by atoms with Crippen molar-refractivity contribution in [3.63, 3.8) is 0 Å². The molecule has 5 nitrogen and oxygen atoms in total. The Hall–Kier alpha value is -3.47. The minimum absolute atomic E-state index is 0.144. The molecule has 1 heterocycles. The van der Waals surface area contributed by atoms with Gasteiger partial charge >= 0.3 is 0 Å². The minimum atomic E-state index is -0.405. The van der Waals surface area contributed by atoms with Gasteiger partial charge in [-0.2, -0.15) is 0 Å². The van der Waals surface area contributed by atoms with E-state index in [9.17, 15) is 4.79 Å². The van der Waals surface area contributed by atoms with E-state index in [1.54, 1.807) is 19.2 Å². The second-order valence-electron chi connectivity index (χ2n) is 8.30. The van der Waals surface area contributed by atoms with Crippen LogP contribution in [-0.4, -0.2) is 18.6 Å². The van der Waals surface area contributed by atoms with Crippen molar-refractivity contribution in [1.82, 2.24) is 5.32 Å². The summed E-state index contributed by atoms with van der Waals surface area (Å²) in [7, 11) is 1.63. The highest BCUT2D eigenvalue weighted by molar-refractivity contribution is 5.94. The van der Waals surface area contributed by atoms with E-state index >= 15 is 0 Å². The molecule has 1 N–H and O–H groups in total. The van der Waals surface area contributed by atoms with E-state index in [0.717, 1.165) is 22.6 Å². The Kier molecular flexibility index (Phi) is 5.85. The van der Waals surface area contributed by atoms with E-state index in [1.807, 2.05) is 74.5 Å². The summed E-state index contributed by atoms with van der Waals surface area (Å²) in [5, 5.41) is 3.17. The van der Waals surface area contributed by atoms with Gasteiger partial charge in [-0.05, 0) is 49.7 Å². The third kappa shape index (κ3) is 5.00. The van der Waals surface area contributed by atoms with Crippen LogP contribution in [0.2, 0.25) is 0 Å². The molecule has 1 atom stereocenters. The number of amides is 1. The predicted molar refractivity (Wildman–Crippen MR) is 120 cm³/mol. The molecule has 0 spiro atoms. The molecule has 0 unspecified atom stereocenters. The van der Waals surface area contributed by atoms with E-state index in [0.29, 0.717) is 24.3 Å². The Bertz CT molecular complexity index is 1060. The topological polar surface area (TPSA) is 56.8 Å². The molecule has 1 aliphatic heterocycles. The monoisotopic (exact) mass is 417 g/mol. The quantitative estimate of drug-likeness (QED) is 0.591. The molecule has 0 bridgehead atoms. The van der Waals surface area contributed by atoms with Gasteiger partial charge in [0.25, 0.3) is 5.91 Å². The first-order valence-corrected chi connectivity index (χ1v) is 10.4. The summed E-state index contributed by atoms with van der Waals surface area (Å²) in [5.74, 6) is 1.98. The number of carbonyl (C=O) groups excluding carboxylic acids is 1. The van der Waals surface area contributed by atoms with Crippen LogP contribution in [0.3, 0.4) is 0 Å². The van der Waals surface area contributed by atoms with E-state index < -0.39 is 5.60 Å². The first-order chi connectivity index (χ1) is 14.9. The molecule has 4 rings (SSSR count). The molecule has 160 valence electrons. The lowest BCUT2D eigenvalue weighted by Crippen LogP contribution is -2.41. The Morgan fingerprint density at radius 2 is 1.84 bits per heavy atom. The number of rotatable bonds is 6. The van der Waals surface area contributed by atoms with Gasteiger partial charge in [-0.25, -0.2) is 0 Å². The average molecular weight is 418 g/mol. The van der Waals surface area contributed by atoms with Gasteiger partial charge in [-0.15, -0.1) is 0 Å². The fourth-order valence-electron chi connectivity index (χ4n) is 3.80. The van der Waals surface area contributed by atoms with Gasteiger partial charge in [0.2, 0.25) is 0 Å². The van der Waals surface area contributed by atoms with Crippen LogP contribution in [0.15, 0.2) is 72.8 Å². The molecule has 0 fully saturated rings. The third-order valence-corrected chi connectivity index (χ3v) is 5.33. The van der Waals surface area contributed by atoms with E-state index in [1.165, 1.54) is 0 Å². The van der Waals surface area contributed by atoms with Gasteiger partial charge in [-0.1, -0.05) is 36.4 Å². The van der Waals surface area contributed by atoms with Gasteiger partial charge in [0.1, 0.15) is 29.5 Å². The second-order valence-corrected chi connectivity index (χ2v) is 8.30. The lowest BCUT2D eigenvalue weighted by Gasteiger charge is -2.38. The summed E-state index contributed by atoms with van der Waals surface area (Å²) in [5.41, 5.74) is 2.18. The summed E-state index contributed by atoms with van der Waals surface area (Å²) in [6.45, 7) is 4.49. The Labute approximate surface area is 183 Å². The molecule has 5 heteroatoms. The summed E-state index contributed by atoms with van der Waals surface area (Å²) in [6.07, 6.45) is 0.669. The zero-order valence-corrected chi connectivity index (χ0v) is 18.1. The molecule has 0 radical (unpaired) electrons. The van der Waals surface area contributed by atoms with E-state index in [-0.39, 0.29) is 11.9 Å². The van der Waals surface area contributed by atoms with Crippen LogP contribution in [0.25, 0.3) is 0 Å². The lowest BCUT2D eigenvalue weighted by molar-refractivity contribution is 0.0617. The van der Waals surface area contributed by atoms with Crippen LogP contribution in [0.4, 0.5) is 0 Å². The number of benzene rings is 3. The molecule has 0 aliphatic carbocycles. The Morgan fingerprint density at radius 1 is 1.03 bits per heavy atom. The average Bonchev–Trinajstić information content (AvgIpc) is 2.77. The predicted octanol–water partition coefficient (Wildman–Crippen LogP) is 5.31. The maximum Gasteiger partial charge on any atom is 0.251 e. The van der Waals surface area contributed by atoms with Crippen molar-refractivity contribution in [3.8, 4) is 17.2 Å². The fraction of sp³-hybridized carbons (Fsp3) is 0.269. The summed E-state index contributed by atoms with van der Waals surface area (Å²) in [6, 6.07) is 22.8. The first kappa shape index (κ1) is 20.8. The highest BCUT2D eigenvalue weighted by Crippen LogP contribution is 2.41. The second kappa shape index (κ2) is 8.72. The Morgan fingerprint density at radius 3 is 2.61 bits per heavy atom. The molecule has 1 aliphatic rings. The zero-order valence-electron chi connectivity index (χ0n) is 18.1. The van der Waals surface area contributed by atoms with Gasteiger partial charge in [-0.3, -0.25) is 4.79 Å². The zero-order chi connectivity index (χ0) is 21.8. The van der Waals surface area contributed by atoms with Crippen molar-refractivity contribution in [2.45, 2.75) is 38.5 Å². The SMILES string of the molecule is COc1ccc2c(c1)OC(C)(C)C[C@@H]2NC(=O)c1cccc(OCc2ccccc2)c1. The smallest absolute Gasteiger partial charge is 0.251 e. The molecular weight excluding hydrogens is 390 g/mol. The highest BCUT2D eigenvalue weighted by Gasteiger charge is 2.35.